The summed E-state index contributed by atoms with van der Waals surface area (Å²) >= 11 is 0. The van der Waals surface area contributed by atoms with E-state index in [1.165, 1.54) is 11.8 Å². The largest absolute Gasteiger partial charge is 0.357 e. The van der Waals surface area contributed by atoms with Gasteiger partial charge in [-0.1, -0.05) is 30.3 Å². The summed E-state index contributed by atoms with van der Waals surface area (Å²) in [5.74, 6) is 0.740. The van der Waals surface area contributed by atoms with Crippen LogP contribution in [0.1, 0.15) is 46.1 Å². The minimum absolute atomic E-state index is 0. The van der Waals surface area contributed by atoms with Crippen LogP contribution in [0.5, 0.6) is 0 Å². The summed E-state index contributed by atoms with van der Waals surface area (Å²) < 4.78 is 25.7. The molecule has 172 valence electrons. The Balaban J connectivity index is 0.00000450. The molecule has 3 N–H and O–H groups in total. The van der Waals surface area contributed by atoms with Gasteiger partial charge in [-0.25, -0.2) is 13.1 Å². The van der Waals surface area contributed by atoms with Crippen LogP contribution in [0.25, 0.3) is 0 Å². The highest BCUT2D eigenvalue weighted by Gasteiger charge is 2.26. The number of guanidine groups is 1. The number of aliphatic imine (C=N–C) groups is 1. The number of nitrogens with zero attached hydrogens (tertiary/aromatic N) is 2. The Bertz CT molecular complexity index is 771. The van der Waals surface area contributed by atoms with E-state index in [-0.39, 0.29) is 24.0 Å². The number of likely N-dealkylation sites (tertiary alicyclic amines) is 1. The van der Waals surface area contributed by atoms with Crippen molar-refractivity contribution in [3.63, 3.8) is 0 Å². The smallest absolute Gasteiger partial charge is 0.209 e. The van der Waals surface area contributed by atoms with E-state index in [4.69, 9.17) is 0 Å². The Hall–Kier alpha value is -0.910. The zero-order valence-corrected chi connectivity index (χ0v) is 22.0. The average Bonchev–Trinajstić information content (AvgIpc) is 2.61. The van der Waals surface area contributed by atoms with Gasteiger partial charge in [-0.15, -0.1) is 24.0 Å². The molecular weight excluding hydrogens is 513 g/mol. The number of halogens is 1. The maximum atomic E-state index is 11.5. The lowest BCUT2D eigenvalue weighted by molar-refractivity contribution is 0.134. The lowest BCUT2D eigenvalue weighted by Gasteiger charge is -2.38. The minimum atomic E-state index is -3.27. The second kappa shape index (κ2) is 12.2. The van der Waals surface area contributed by atoms with Gasteiger partial charge in [0.2, 0.25) is 10.0 Å². The Labute approximate surface area is 199 Å². The molecule has 1 fully saturated rings. The van der Waals surface area contributed by atoms with Crippen LogP contribution in [-0.2, 0) is 16.6 Å². The molecule has 0 amide bonds. The van der Waals surface area contributed by atoms with Crippen molar-refractivity contribution in [3.05, 3.63) is 35.9 Å². The number of rotatable bonds is 8. The van der Waals surface area contributed by atoms with Crippen LogP contribution in [0, 0.1) is 0 Å². The van der Waals surface area contributed by atoms with E-state index in [1.807, 2.05) is 20.8 Å². The number of benzene rings is 1. The number of nitrogens with one attached hydrogen (secondary N) is 3. The molecule has 1 aromatic carbocycles. The van der Waals surface area contributed by atoms with E-state index >= 15 is 0 Å². The molecule has 30 heavy (non-hydrogen) atoms. The van der Waals surface area contributed by atoms with Crippen molar-refractivity contribution in [1.29, 1.82) is 0 Å². The number of hydrogen-bond acceptors (Lipinski definition) is 4. The molecule has 2 unspecified atom stereocenters. The molecule has 1 aliphatic heterocycles. The molecular formula is C21H38IN5O2S. The Morgan fingerprint density at radius 3 is 2.50 bits per heavy atom. The van der Waals surface area contributed by atoms with Gasteiger partial charge in [0, 0.05) is 37.3 Å². The maximum Gasteiger partial charge on any atom is 0.209 e. The summed E-state index contributed by atoms with van der Waals surface area (Å²) in [6.07, 6.45) is 3.27. The van der Waals surface area contributed by atoms with Crippen molar-refractivity contribution in [2.24, 2.45) is 4.99 Å². The second-order valence-corrected chi connectivity index (χ2v) is 10.4. The van der Waals surface area contributed by atoms with Gasteiger partial charge in [-0.2, -0.15) is 0 Å². The van der Waals surface area contributed by atoms with Gasteiger partial charge in [-0.05, 0) is 46.1 Å². The molecule has 9 heteroatoms. The molecule has 2 rings (SSSR count). The van der Waals surface area contributed by atoms with Gasteiger partial charge in [0.1, 0.15) is 0 Å². The molecule has 1 aliphatic rings. The molecule has 7 nitrogen and oxygen atoms in total. The molecule has 0 aromatic heterocycles. The van der Waals surface area contributed by atoms with E-state index in [0.29, 0.717) is 18.6 Å². The highest BCUT2D eigenvalue weighted by molar-refractivity contribution is 14.0. The van der Waals surface area contributed by atoms with Gasteiger partial charge >= 0.3 is 0 Å². The van der Waals surface area contributed by atoms with E-state index in [1.54, 1.807) is 0 Å². The standard InChI is InChI=1S/C21H37N5O2S.HI/c1-6-22-20(23-16-21(3,4)25-29(5,27)28)24-19-12-13-26(17(2)14-19)15-18-10-8-7-9-11-18;/h7-11,17,19,25H,6,12-16H2,1-5H3,(H2,22,23,24);1H. The Morgan fingerprint density at radius 2 is 1.93 bits per heavy atom. The first-order chi connectivity index (χ1) is 13.6. The van der Waals surface area contributed by atoms with Crippen molar-refractivity contribution in [2.45, 2.75) is 64.7 Å². The third kappa shape index (κ3) is 9.93. The highest BCUT2D eigenvalue weighted by Crippen LogP contribution is 2.20. The molecule has 0 radical (unpaired) electrons. The zero-order valence-electron chi connectivity index (χ0n) is 18.8. The van der Waals surface area contributed by atoms with E-state index in [9.17, 15) is 8.42 Å². The third-order valence-electron chi connectivity index (χ3n) is 5.02. The van der Waals surface area contributed by atoms with Gasteiger partial charge in [-0.3, -0.25) is 9.89 Å². The van der Waals surface area contributed by atoms with Crippen LogP contribution in [0.4, 0.5) is 0 Å². The van der Waals surface area contributed by atoms with Gasteiger partial charge in [0.25, 0.3) is 0 Å². The van der Waals surface area contributed by atoms with Gasteiger partial charge < -0.3 is 10.6 Å². The fourth-order valence-electron chi connectivity index (χ4n) is 3.73. The highest BCUT2D eigenvalue weighted by atomic mass is 127. The maximum absolute atomic E-state index is 11.5. The number of sulfonamides is 1. The molecule has 1 aromatic rings. The first kappa shape index (κ1) is 27.1. The summed E-state index contributed by atoms with van der Waals surface area (Å²) in [6.45, 7) is 11.1. The second-order valence-electron chi connectivity index (χ2n) is 8.62. The molecule has 2 atom stereocenters. The predicted octanol–water partition coefficient (Wildman–Crippen LogP) is 2.54. The summed E-state index contributed by atoms with van der Waals surface area (Å²) in [5.41, 5.74) is 0.712. The van der Waals surface area contributed by atoms with Gasteiger partial charge in [0.05, 0.1) is 12.8 Å². The zero-order chi connectivity index (χ0) is 21.5. The average molecular weight is 552 g/mol. The first-order valence-corrected chi connectivity index (χ1v) is 12.3. The summed E-state index contributed by atoms with van der Waals surface area (Å²) in [6, 6.07) is 11.4. The fraction of sp³-hybridized carbons (Fsp3) is 0.667. The summed E-state index contributed by atoms with van der Waals surface area (Å²) in [7, 11) is -3.27. The van der Waals surface area contributed by atoms with Crippen LogP contribution in [-0.4, -0.2) is 62.8 Å². The lowest BCUT2D eigenvalue weighted by atomic mass is 9.97. The van der Waals surface area contributed by atoms with Crippen LogP contribution >= 0.6 is 24.0 Å². The normalized spacial score (nSPS) is 21.0. The fourth-order valence-corrected chi connectivity index (χ4v) is 4.80. The van der Waals surface area contributed by atoms with Crippen molar-refractivity contribution in [1.82, 2.24) is 20.3 Å². The molecule has 0 bridgehead atoms. The third-order valence-corrected chi connectivity index (χ3v) is 5.94. The summed E-state index contributed by atoms with van der Waals surface area (Å²) in [4.78, 5) is 7.15. The predicted molar refractivity (Wildman–Crippen MR) is 136 cm³/mol. The van der Waals surface area contributed by atoms with E-state index < -0.39 is 15.6 Å². The van der Waals surface area contributed by atoms with Crippen molar-refractivity contribution in [2.75, 3.05) is 25.9 Å². The SMILES string of the molecule is CCNC(=NCC(C)(C)NS(C)(=O)=O)NC1CCN(Cc2ccccc2)C(C)C1.I. The van der Waals surface area contributed by atoms with Crippen molar-refractivity contribution >= 4 is 40.0 Å². The number of piperidine rings is 1. The summed E-state index contributed by atoms with van der Waals surface area (Å²) in [5, 5.41) is 6.82. The lowest BCUT2D eigenvalue weighted by Crippen LogP contribution is -2.52. The van der Waals surface area contributed by atoms with Crippen molar-refractivity contribution in [3.8, 4) is 0 Å². The van der Waals surface area contributed by atoms with Crippen LogP contribution < -0.4 is 15.4 Å². The van der Waals surface area contributed by atoms with E-state index in [2.05, 4.69) is 62.5 Å². The molecule has 0 aliphatic carbocycles. The quantitative estimate of drug-likeness (QED) is 0.263. The van der Waals surface area contributed by atoms with Crippen molar-refractivity contribution < 1.29 is 8.42 Å². The topological polar surface area (TPSA) is 85.8 Å². The van der Waals surface area contributed by atoms with Gasteiger partial charge in [0.15, 0.2) is 5.96 Å². The van der Waals surface area contributed by atoms with Crippen LogP contribution in [0.15, 0.2) is 35.3 Å². The molecule has 1 heterocycles. The Kier molecular flexibility index (Phi) is 11.0. The number of hydrogen-bond donors (Lipinski definition) is 3. The monoisotopic (exact) mass is 551 g/mol. The first-order valence-electron chi connectivity index (χ1n) is 10.4. The Morgan fingerprint density at radius 1 is 1.27 bits per heavy atom. The van der Waals surface area contributed by atoms with E-state index in [0.717, 1.165) is 38.4 Å². The minimum Gasteiger partial charge on any atom is -0.357 e. The van der Waals surface area contributed by atoms with Crippen LogP contribution in [0.3, 0.4) is 0 Å². The molecule has 1 saturated heterocycles. The van der Waals surface area contributed by atoms with Crippen LogP contribution in [0.2, 0.25) is 0 Å². The molecule has 0 saturated carbocycles. The molecule has 0 spiro atoms.